The zero-order valence-corrected chi connectivity index (χ0v) is 8.04. The van der Waals surface area contributed by atoms with Gasteiger partial charge >= 0.3 is 0 Å². The van der Waals surface area contributed by atoms with Gasteiger partial charge in [0, 0.05) is 19.6 Å². The molecule has 1 unspecified atom stereocenters. The number of likely N-dealkylation sites (N-methyl/N-ethyl adjacent to an activating group) is 1. The van der Waals surface area contributed by atoms with Crippen LogP contribution in [0.4, 0.5) is 0 Å². The molecule has 12 heavy (non-hydrogen) atoms. The van der Waals surface area contributed by atoms with Gasteiger partial charge in [0.2, 0.25) is 5.91 Å². The third-order valence-electron chi connectivity index (χ3n) is 2.29. The van der Waals surface area contributed by atoms with Crippen LogP contribution in [-0.4, -0.2) is 37.1 Å². The maximum atomic E-state index is 11.5. The van der Waals surface area contributed by atoms with Gasteiger partial charge in [-0.2, -0.15) is 0 Å². The molecule has 1 amide bonds. The summed E-state index contributed by atoms with van der Waals surface area (Å²) in [6.07, 6.45) is 0.981. The van der Waals surface area contributed by atoms with Crippen molar-refractivity contribution in [1.29, 1.82) is 0 Å². The standard InChI is InChI=1S/C9H17NO2/c1-7(2)9(11)10(3)8-4-5-12-6-8/h7-8H,4-6H2,1-3H3. The molecule has 0 aromatic heterocycles. The van der Waals surface area contributed by atoms with Crippen LogP contribution in [0.2, 0.25) is 0 Å². The molecule has 1 saturated heterocycles. The van der Waals surface area contributed by atoms with Gasteiger partial charge in [0.15, 0.2) is 0 Å². The summed E-state index contributed by atoms with van der Waals surface area (Å²) in [6.45, 7) is 5.35. The fourth-order valence-corrected chi connectivity index (χ4v) is 1.41. The highest BCUT2D eigenvalue weighted by atomic mass is 16.5. The number of carbonyl (C=O) groups excluding carboxylic acids is 1. The highest BCUT2D eigenvalue weighted by Crippen LogP contribution is 2.12. The van der Waals surface area contributed by atoms with Gasteiger partial charge in [-0.25, -0.2) is 0 Å². The van der Waals surface area contributed by atoms with E-state index < -0.39 is 0 Å². The topological polar surface area (TPSA) is 29.5 Å². The lowest BCUT2D eigenvalue weighted by Crippen LogP contribution is -2.39. The summed E-state index contributed by atoms with van der Waals surface area (Å²) in [7, 11) is 1.86. The van der Waals surface area contributed by atoms with Gasteiger partial charge in [0.05, 0.1) is 12.6 Å². The smallest absolute Gasteiger partial charge is 0.225 e. The SMILES string of the molecule is CC(C)C(=O)N(C)C1CCOC1. The molecule has 3 nitrogen and oxygen atoms in total. The maximum Gasteiger partial charge on any atom is 0.225 e. The largest absolute Gasteiger partial charge is 0.379 e. The van der Waals surface area contributed by atoms with Gasteiger partial charge in [0.1, 0.15) is 0 Å². The molecule has 0 aromatic rings. The molecule has 1 aliphatic rings. The van der Waals surface area contributed by atoms with Crippen molar-refractivity contribution in [1.82, 2.24) is 4.90 Å². The highest BCUT2D eigenvalue weighted by Gasteiger charge is 2.25. The number of carbonyl (C=O) groups is 1. The molecule has 1 heterocycles. The molecule has 1 rings (SSSR count). The van der Waals surface area contributed by atoms with Crippen molar-refractivity contribution >= 4 is 5.91 Å². The third-order valence-corrected chi connectivity index (χ3v) is 2.29. The van der Waals surface area contributed by atoms with Crippen LogP contribution < -0.4 is 0 Å². The molecular formula is C9H17NO2. The summed E-state index contributed by atoms with van der Waals surface area (Å²) in [5.41, 5.74) is 0. The molecule has 1 atom stereocenters. The summed E-state index contributed by atoms with van der Waals surface area (Å²) in [5.74, 6) is 0.307. The Morgan fingerprint density at radius 3 is 2.67 bits per heavy atom. The van der Waals surface area contributed by atoms with Crippen molar-refractivity contribution in [3.8, 4) is 0 Å². The van der Waals surface area contributed by atoms with Gasteiger partial charge in [0.25, 0.3) is 0 Å². The minimum atomic E-state index is 0.0931. The Morgan fingerprint density at radius 2 is 2.25 bits per heavy atom. The van der Waals surface area contributed by atoms with E-state index in [1.165, 1.54) is 0 Å². The fraction of sp³-hybridized carbons (Fsp3) is 0.889. The Kier molecular flexibility index (Phi) is 3.09. The first kappa shape index (κ1) is 9.52. The van der Waals surface area contributed by atoms with E-state index in [0.29, 0.717) is 12.6 Å². The highest BCUT2D eigenvalue weighted by molar-refractivity contribution is 5.78. The number of hydrogen-bond donors (Lipinski definition) is 0. The Morgan fingerprint density at radius 1 is 1.58 bits per heavy atom. The van der Waals surface area contributed by atoms with E-state index in [9.17, 15) is 4.79 Å². The van der Waals surface area contributed by atoms with E-state index in [4.69, 9.17) is 4.74 Å². The predicted octanol–water partition coefficient (Wildman–Crippen LogP) is 0.890. The Balaban J connectivity index is 2.45. The fourth-order valence-electron chi connectivity index (χ4n) is 1.41. The summed E-state index contributed by atoms with van der Waals surface area (Å²) in [5, 5.41) is 0. The Hall–Kier alpha value is -0.570. The Bertz CT molecular complexity index is 162. The summed E-state index contributed by atoms with van der Waals surface area (Å²) < 4.78 is 5.21. The molecule has 0 aromatic carbocycles. The number of ether oxygens (including phenoxy) is 1. The second-order valence-electron chi connectivity index (χ2n) is 3.62. The van der Waals surface area contributed by atoms with Gasteiger partial charge in [-0.3, -0.25) is 4.79 Å². The molecule has 0 N–H and O–H groups in total. The van der Waals surface area contributed by atoms with E-state index in [1.807, 2.05) is 25.8 Å². The van der Waals surface area contributed by atoms with E-state index in [2.05, 4.69) is 0 Å². The lowest BCUT2D eigenvalue weighted by atomic mass is 10.1. The number of nitrogens with zero attached hydrogens (tertiary/aromatic N) is 1. The van der Waals surface area contributed by atoms with Crippen LogP contribution in [0.1, 0.15) is 20.3 Å². The van der Waals surface area contributed by atoms with Crippen LogP contribution in [0.5, 0.6) is 0 Å². The van der Waals surface area contributed by atoms with E-state index in [-0.39, 0.29) is 11.8 Å². The molecule has 1 aliphatic heterocycles. The maximum absolute atomic E-state index is 11.5. The predicted molar refractivity (Wildman–Crippen MR) is 46.8 cm³/mol. The molecule has 1 fully saturated rings. The molecule has 70 valence electrons. The van der Waals surface area contributed by atoms with Crippen molar-refractivity contribution in [3.05, 3.63) is 0 Å². The molecule has 0 spiro atoms. The molecule has 3 heteroatoms. The van der Waals surface area contributed by atoms with Crippen molar-refractivity contribution in [2.75, 3.05) is 20.3 Å². The minimum absolute atomic E-state index is 0.0931. The van der Waals surface area contributed by atoms with Crippen molar-refractivity contribution in [3.63, 3.8) is 0 Å². The lowest BCUT2D eigenvalue weighted by molar-refractivity contribution is -0.135. The monoisotopic (exact) mass is 171 g/mol. The normalized spacial score (nSPS) is 23.2. The quantitative estimate of drug-likeness (QED) is 0.617. The lowest BCUT2D eigenvalue weighted by Gasteiger charge is -2.24. The van der Waals surface area contributed by atoms with Crippen LogP contribution >= 0.6 is 0 Å². The first-order valence-electron chi connectivity index (χ1n) is 4.47. The second kappa shape index (κ2) is 3.90. The van der Waals surface area contributed by atoms with Gasteiger partial charge < -0.3 is 9.64 Å². The van der Waals surface area contributed by atoms with Gasteiger partial charge in [-0.15, -0.1) is 0 Å². The van der Waals surface area contributed by atoms with Crippen molar-refractivity contribution in [2.45, 2.75) is 26.3 Å². The van der Waals surface area contributed by atoms with Crippen molar-refractivity contribution < 1.29 is 9.53 Å². The zero-order valence-electron chi connectivity index (χ0n) is 8.04. The third kappa shape index (κ3) is 1.97. The van der Waals surface area contributed by atoms with Crippen LogP contribution in [0, 0.1) is 5.92 Å². The molecule has 0 bridgehead atoms. The van der Waals surface area contributed by atoms with Crippen LogP contribution in [-0.2, 0) is 9.53 Å². The van der Waals surface area contributed by atoms with Crippen LogP contribution in [0.15, 0.2) is 0 Å². The molecule has 0 aliphatic carbocycles. The van der Waals surface area contributed by atoms with Crippen molar-refractivity contribution in [2.24, 2.45) is 5.92 Å². The number of hydrogen-bond acceptors (Lipinski definition) is 2. The first-order valence-corrected chi connectivity index (χ1v) is 4.47. The van der Waals surface area contributed by atoms with E-state index >= 15 is 0 Å². The number of amides is 1. The average molecular weight is 171 g/mol. The van der Waals surface area contributed by atoms with Crippen LogP contribution in [0.3, 0.4) is 0 Å². The van der Waals surface area contributed by atoms with E-state index in [1.54, 1.807) is 0 Å². The zero-order chi connectivity index (χ0) is 9.14. The first-order chi connectivity index (χ1) is 5.63. The summed E-state index contributed by atoms with van der Waals surface area (Å²) in [6, 6.07) is 0.305. The molecule has 0 radical (unpaired) electrons. The minimum Gasteiger partial charge on any atom is -0.379 e. The Labute approximate surface area is 73.7 Å². The second-order valence-corrected chi connectivity index (χ2v) is 3.62. The average Bonchev–Trinajstić information content (AvgIpc) is 2.53. The van der Waals surface area contributed by atoms with Gasteiger partial charge in [-0.1, -0.05) is 13.8 Å². The van der Waals surface area contributed by atoms with E-state index in [0.717, 1.165) is 13.0 Å². The molecular weight excluding hydrogens is 154 g/mol. The summed E-state index contributed by atoms with van der Waals surface area (Å²) in [4.78, 5) is 13.3. The summed E-state index contributed by atoms with van der Waals surface area (Å²) >= 11 is 0. The van der Waals surface area contributed by atoms with Gasteiger partial charge in [-0.05, 0) is 6.42 Å². The van der Waals surface area contributed by atoms with Crippen LogP contribution in [0.25, 0.3) is 0 Å². The molecule has 0 saturated carbocycles. The number of rotatable bonds is 2.